The number of nitrogens with one attached hydrogen (secondary N) is 1. The minimum Gasteiger partial charge on any atom is -0.268 e. The predicted molar refractivity (Wildman–Crippen MR) is 50.4 cm³/mol. The largest absolute Gasteiger partial charge is 0.268 e. The Hall–Kier alpha value is -1.01. The zero-order valence-electron chi connectivity index (χ0n) is 6.40. The van der Waals surface area contributed by atoms with Crippen molar-refractivity contribution in [2.75, 3.05) is 0 Å². The Morgan fingerprint density at radius 3 is 2.77 bits per heavy atom. The van der Waals surface area contributed by atoms with Gasteiger partial charge in [0.2, 0.25) is 0 Å². The van der Waals surface area contributed by atoms with Crippen molar-refractivity contribution in [1.82, 2.24) is 4.72 Å². The van der Waals surface area contributed by atoms with Crippen molar-refractivity contribution in [3.63, 3.8) is 0 Å². The predicted octanol–water partition coefficient (Wildman–Crippen LogP) is 0.0299. The highest BCUT2D eigenvalue weighted by atomic mass is 32.2. The van der Waals surface area contributed by atoms with Crippen molar-refractivity contribution in [3.05, 3.63) is 22.6 Å². The van der Waals surface area contributed by atoms with Gasteiger partial charge in [-0.3, -0.25) is 4.79 Å². The highest BCUT2D eigenvalue weighted by Crippen LogP contribution is 2.26. The molecule has 1 heterocycles. The smallest absolute Gasteiger partial charge is 0.267 e. The van der Waals surface area contributed by atoms with E-state index in [2.05, 4.69) is 0 Å². The van der Waals surface area contributed by atoms with Gasteiger partial charge in [-0.15, -0.1) is 0 Å². The molecule has 0 aromatic carbocycles. The van der Waals surface area contributed by atoms with Crippen LogP contribution in [0.3, 0.4) is 0 Å². The lowest BCUT2D eigenvalue weighted by Crippen LogP contribution is -2.24. The molecule has 0 radical (unpaired) electrons. The SMILES string of the molecule is O=C1NS(=O)(=O)C2=C1C(=S)CC=C2. The van der Waals surface area contributed by atoms with Crippen molar-refractivity contribution in [1.29, 1.82) is 0 Å². The number of amides is 1. The van der Waals surface area contributed by atoms with Crippen molar-refractivity contribution >= 4 is 33.0 Å². The van der Waals surface area contributed by atoms with Crippen LogP contribution in [0.25, 0.3) is 0 Å². The quantitative estimate of drug-likeness (QED) is 0.579. The molecule has 1 aliphatic carbocycles. The molecule has 0 saturated carbocycles. The molecule has 0 bridgehead atoms. The van der Waals surface area contributed by atoms with E-state index in [4.69, 9.17) is 12.2 Å². The van der Waals surface area contributed by atoms with Gasteiger partial charge >= 0.3 is 0 Å². The molecule has 68 valence electrons. The summed E-state index contributed by atoms with van der Waals surface area (Å²) in [4.78, 5) is 11.6. The van der Waals surface area contributed by atoms with E-state index in [0.717, 1.165) is 0 Å². The van der Waals surface area contributed by atoms with Gasteiger partial charge in [-0.25, -0.2) is 13.1 Å². The number of thiocarbonyl (C=S) groups is 1. The molecule has 1 amide bonds. The summed E-state index contributed by atoms with van der Waals surface area (Å²) in [5.74, 6) is -0.607. The monoisotopic (exact) mass is 215 g/mol. The van der Waals surface area contributed by atoms with Gasteiger partial charge in [-0.2, -0.15) is 0 Å². The fraction of sp³-hybridized carbons (Fsp3) is 0.143. The summed E-state index contributed by atoms with van der Waals surface area (Å²) in [7, 11) is -3.62. The number of allylic oxidation sites excluding steroid dienone is 2. The van der Waals surface area contributed by atoms with E-state index >= 15 is 0 Å². The van der Waals surface area contributed by atoms with E-state index in [1.807, 2.05) is 4.72 Å². The Balaban J connectivity index is 2.72. The third-order valence-electron chi connectivity index (χ3n) is 1.84. The molecule has 13 heavy (non-hydrogen) atoms. The first-order chi connectivity index (χ1) is 6.02. The lowest BCUT2D eigenvalue weighted by molar-refractivity contribution is -0.115. The average molecular weight is 215 g/mol. The van der Waals surface area contributed by atoms with E-state index in [1.165, 1.54) is 6.08 Å². The van der Waals surface area contributed by atoms with Crippen LogP contribution in [0.15, 0.2) is 22.6 Å². The summed E-state index contributed by atoms with van der Waals surface area (Å²) in [6, 6.07) is 0. The second-order valence-corrected chi connectivity index (χ2v) is 4.85. The molecule has 0 fully saturated rings. The molecule has 0 atom stereocenters. The van der Waals surface area contributed by atoms with Crippen LogP contribution in [0.2, 0.25) is 0 Å². The maximum absolute atomic E-state index is 11.3. The van der Waals surface area contributed by atoms with Gasteiger partial charge in [-0.1, -0.05) is 18.3 Å². The molecule has 0 spiro atoms. The Labute approximate surface area is 80.4 Å². The summed E-state index contributed by atoms with van der Waals surface area (Å²) in [6.45, 7) is 0. The molecule has 0 aromatic heterocycles. The second kappa shape index (κ2) is 2.49. The number of rotatable bonds is 0. The normalized spacial score (nSPS) is 24.6. The third kappa shape index (κ3) is 1.13. The van der Waals surface area contributed by atoms with Gasteiger partial charge in [0.25, 0.3) is 15.9 Å². The highest BCUT2D eigenvalue weighted by molar-refractivity contribution is 7.95. The number of carbonyl (C=O) groups excluding carboxylic acids is 1. The van der Waals surface area contributed by atoms with Crippen LogP contribution < -0.4 is 4.72 Å². The van der Waals surface area contributed by atoms with Crippen LogP contribution in [0, 0.1) is 0 Å². The first kappa shape index (κ1) is 8.58. The Morgan fingerprint density at radius 2 is 2.15 bits per heavy atom. The Kier molecular flexibility index (Phi) is 1.64. The van der Waals surface area contributed by atoms with Gasteiger partial charge in [-0.05, 0) is 6.08 Å². The number of sulfonamides is 1. The Bertz CT molecular complexity index is 470. The Morgan fingerprint density at radius 1 is 1.46 bits per heavy atom. The van der Waals surface area contributed by atoms with Gasteiger partial charge in [0.1, 0.15) is 4.91 Å². The van der Waals surface area contributed by atoms with Crippen molar-refractivity contribution < 1.29 is 13.2 Å². The number of carbonyl (C=O) groups is 1. The van der Waals surface area contributed by atoms with E-state index in [0.29, 0.717) is 11.3 Å². The lowest BCUT2D eigenvalue weighted by atomic mass is 10.0. The molecule has 2 rings (SSSR count). The number of hydrogen-bond acceptors (Lipinski definition) is 4. The second-order valence-electron chi connectivity index (χ2n) is 2.70. The van der Waals surface area contributed by atoms with Crippen molar-refractivity contribution in [3.8, 4) is 0 Å². The summed E-state index contributed by atoms with van der Waals surface area (Å²) in [5.41, 5.74) is 0.137. The van der Waals surface area contributed by atoms with Crippen molar-refractivity contribution in [2.45, 2.75) is 6.42 Å². The van der Waals surface area contributed by atoms with E-state index in [1.54, 1.807) is 6.08 Å². The highest BCUT2D eigenvalue weighted by Gasteiger charge is 2.36. The van der Waals surface area contributed by atoms with Crippen molar-refractivity contribution in [2.24, 2.45) is 0 Å². The molecular weight excluding hydrogens is 210 g/mol. The molecule has 0 aromatic rings. The van der Waals surface area contributed by atoms with Crippen LogP contribution in [0.5, 0.6) is 0 Å². The van der Waals surface area contributed by atoms with E-state index in [9.17, 15) is 13.2 Å². The average Bonchev–Trinajstić information content (AvgIpc) is 2.24. The van der Waals surface area contributed by atoms with Gasteiger partial charge in [0.15, 0.2) is 0 Å². The van der Waals surface area contributed by atoms with Crippen LogP contribution in [-0.2, 0) is 14.8 Å². The summed E-state index contributed by atoms with van der Waals surface area (Å²) < 4.78 is 24.4. The topological polar surface area (TPSA) is 63.2 Å². The van der Waals surface area contributed by atoms with Crippen LogP contribution in [-0.4, -0.2) is 19.2 Å². The molecule has 1 aliphatic heterocycles. The molecule has 6 heteroatoms. The van der Waals surface area contributed by atoms with Crippen LogP contribution >= 0.6 is 12.2 Å². The fourth-order valence-corrected chi connectivity index (χ4v) is 2.87. The van der Waals surface area contributed by atoms with Gasteiger partial charge in [0.05, 0.1) is 5.57 Å². The maximum Gasteiger partial charge on any atom is 0.267 e. The molecule has 1 N–H and O–H groups in total. The fourth-order valence-electron chi connectivity index (χ4n) is 1.29. The standard InChI is InChI=1S/C7H5NO3S2/c9-7-6-4(12)2-1-3-5(6)13(10,11)8-7/h1,3H,2H2,(H,8,9). The van der Waals surface area contributed by atoms with Crippen LogP contribution in [0.4, 0.5) is 0 Å². The summed E-state index contributed by atoms with van der Waals surface area (Å²) >= 11 is 4.89. The molecule has 4 nitrogen and oxygen atoms in total. The first-order valence-electron chi connectivity index (χ1n) is 3.53. The minimum atomic E-state index is -3.62. The molecule has 0 unspecified atom stereocenters. The first-order valence-corrected chi connectivity index (χ1v) is 5.43. The molecule has 0 saturated heterocycles. The maximum atomic E-state index is 11.3. The van der Waals surface area contributed by atoms with E-state index in [-0.39, 0.29) is 10.5 Å². The minimum absolute atomic E-state index is 0.00810. The van der Waals surface area contributed by atoms with Crippen LogP contribution in [0.1, 0.15) is 6.42 Å². The lowest BCUT2D eigenvalue weighted by Gasteiger charge is -2.04. The van der Waals surface area contributed by atoms with Gasteiger partial charge < -0.3 is 0 Å². The van der Waals surface area contributed by atoms with E-state index < -0.39 is 15.9 Å². The number of hydrogen-bond donors (Lipinski definition) is 1. The summed E-state index contributed by atoms with van der Waals surface area (Å²) in [6.07, 6.45) is 3.51. The van der Waals surface area contributed by atoms with Gasteiger partial charge in [0, 0.05) is 11.3 Å². The molecular formula is C7H5NO3S2. The summed E-state index contributed by atoms with van der Waals surface area (Å²) in [5, 5.41) is 0. The zero-order chi connectivity index (χ0) is 9.64. The molecule has 2 aliphatic rings. The zero-order valence-corrected chi connectivity index (χ0v) is 8.04. The third-order valence-corrected chi connectivity index (χ3v) is 3.59.